The van der Waals surface area contributed by atoms with E-state index in [1.54, 1.807) is 24.3 Å². The average Bonchev–Trinajstić information content (AvgIpc) is 2.92. The molecule has 1 N–H and O–H groups in total. The Morgan fingerprint density at radius 1 is 0.683 bits per heavy atom. The molecular formula is C31H28Br2F3NaO4. The molecule has 4 aromatic carbocycles. The first-order valence-electron chi connectivity index (χ1n) is 12.5. The van der Waals surface area contributed by atoms with Crippen LogP contribution in [-0.2, 0) is 41.7 Å². The van der Waals surface area contributed by atoms with Crippen LogP contribution in [0.15, 0.2) is 93.9 Å². The molecule has 0 amide bonds. The van der Waals surface area contributed by atoms with Crippen LogP contribution in [0.25, 0.3) is 0 Å². The topological polar surface area (TPSA) is 47.9 Å². The second-order valence-electron chi connectivity index (χ2n) is 8.99. The van der Waals surface area contributed by atoms with Crippen molar-refractivity contribution in [2.75, 3.05) is 13.2 Å². The zero-order chi connectivity index (χ0) is 28.5. The minimum atomic E-state index is -4.40. The number of phenols is 1. The number of ether oxygens (including phenoxy) is 3. The van der Waals surface area contributed by atoms with Gasteiger partial charge >= 0.3 is 35.7 Å². The molecule has 0 aliphatic carbocycles. The van der Waals surface area contributed by atoms with Crippen LogP contribution in [0.3, 0.4) is 0 Å². The molecule has 0 aliphatic rings. The van der Waals surface area contributed by atoms with E-state index in [0.29, 0.717) is 54.2 Å². The van der Waals surface area contributed by atoms with Crippen LogP contribution >= 0.6 is 31.9 Å². The Bertz CT molecular complexity index is 1420. The van der Waals surface area contributed by atoms with Gasteiger partial charge in [0.15, 0.2) is 0 Å². The van der Waals surface area contributed by atoms with E-state index >= 15 is 0 Å². The number of halogens is 5. The van der Waals surface area contributed by atoms with Crippen molar-refractivity contribution in [1.29, 1.82) is 0 Å². The van der Waals surface area contributed by atoms with E-state index < -0.39 is 11.7 Å². The second kappa shape index (κ2) is 16.1. The number of aromatic hydroxyl groups is 1. The number of hydrogen-bond donors (Lipinski definition) is 1. The Morgan fingerprint density at radius 2 is 1.32 bits per heavy atom. The zero-order valence-electron chi connectivity index (χ0n) is 21.4. The third-order valence-corrected chi connectivity index (χ3v) is 7.67. The fourth-order valence-corrected chi connectivity index (χ4v) is 4.94. The number of rotatable bonds is 12. The standard InChI is InChI=1S/C31H27Br2F3O4.Na.H/c32-28-6-2-1-4-22(28)19-39-17-15-27-21(5-3-7-30(27)40-26-12-10-25(37)11-13-26)14-16-38-20-23-8-9-24(18-29(23)33)31(34,35)36;;/h1-13,18,37H,14-17,19-20H2;;. The summed E-state index contributed by atoms with van der Waals surface area (Å²) in [7, 11) is 0. The van der Waals surface area contributed by atoms with E-state index in [0.717, 1.165) is 33.3 Å². The van der Waals surface area contributed by atoms with Crippen molar-refractivity contribution in [2.45, 2.75) is 32.2 Å². The monoisotopic (exact) mass is 702 g/mol. The first kappa shape index (κ1) is 33.6. The molecule has 0 aliphatic heterocycles. The Hall–Kier alpha value is -1.85. The molecule has 4 aromatic rings. The fraction of sp³-hybridized carbons (Fsp3) is 0.226. The van der Waals surface area contributed by atoms with E-state index in [-0.39, 0.29) is 41.9 Å². The number of alkyl halides is 3. The van der Waals surface area contributed by atoms with Gasteiger partial charge < -0.3 is 19.3 Å². The molecule has 0 heterocycles. The minimum absolute atomic E-state index is 0. The SMILES string of the molecule is Oc1ccc(Oc2cccc(CCOCc3ccc(C(F)(F)F)cc3Br)c2CCOCc2ccccc2Br)cc1.[NaH]. The normalized spacial score (nSPS) is 11.2. The van der Waals surface area contributed by atoms with E-state index in [9.17, 15) is 18.3 Å². The Morgan fingerprint density at radius 3 is 1.98 bits per heavy atom. The van der Waals surface area contributed by atoms with E-state index in [2.05, 4.69) is 31.9 Å². The molecule has 0 fully saturated rings. The van der Waals surface area contributed by atoms with Gasteiger partial charge in [0.1, 0.15) is 17.2 Å². The van der Waals surface area contributed by atoms with Gasteiger partial charge in [-0.2, -0.15) is 13.2 Å². The molecular weight excluding hydrogens is 676 g/mol. The maximum atomic E-state index is 13.0. The summed E-state index contributed by atoms with van der Waals surface area (Å²) in [5.74, 6) is 1.42. The van der Waals surface area contributed by atoms with Gasteiger partial charge in [-0.05, 0) is 78.1 Å². The van der Waals surface area contributed by atoms with Gasteiger partial charge in [-0.1, -0.05) is 68.3 Å². The van der Waals surface area contributed by atoms with Crippen LogP contribution in [0.1, 0.15) is 27.8 Å². The van der Waals surface area contributed by atoms with Crippen molar-refractivity contribution in [3.05, 3.63) is 122 Å². The molecule has 0 spiro atoms. The first-order chi connectivity index (χ1) is 19.2. The van der Waals surface area contributed by atoms with Crippen molar-refractivity contribution in [3.8, 4) is 17.2 Å². The summed E-state index contributed by atoms with van der Waals surface area (Å²) in [6.45, 7) is 1.46. The van der Waals surface area contributed by atoms with Crippen molar-refractivity contribution < 1.29 is 32.5 Å². The van der Waals surface area contributed by atoms with Crippen LogP contribution in [-0.4, -0.2) is 47.9 Å². The van der Waals surface area contributed by atoms with Gasteiger partial charge in [0.2, 0.25) is 0 Å². The van der Waals surface area contributed by atoms with Gasteiger partial charge in [0.25, 0.3) is 0 Å². The number of hydrogen-bond acceptors (Lipinski definition) is 4. The number of phenolic OH excluding ortho intramolecular Hbond substituents is 1. The van der Waals surface area contributed by atoms with Crippen molar-refractivity contribution in [3.63, 3.8) is 0 Å². The van der Waals surface area contributed by atoms with E-state index in [1.165, 1.54) is 6.07 Å². The fourth-order valence-electron chi connectivity index (χ4n) is 4.04. The molecule has 0 atom stereocenters. The molecule has 0 aromatic heterocycles. The van der Waals surface area contributed by atoms with Crippen molar-refractivity contribution in [1.82, 2.24) is 0 Å². The summed E-state index contributed by atoms with van der Waals surface area (Å²) in [6, 6.07) is 23.7. The predicted octanol–water partition coefficient (Wildman–Crippen LogP) is 8.60. The van der Waals surface area contributed by atoms with Crippen LogP contribution in [0.4, 0.5) is 13.2 Å². The van der Waals surface area contributed by atoms with E-state index in [1.807, 2.05) is 42.5 Å². The van der Waals surface area contributed by atoms with Gasteiger partial charge in [-0.15, -0.1) is 0 Å². The number of benzene rings is 4. The van der Waals surface area contributed by atoms with Crippen molar-refractivity contribution in [2.24, 2.45) is 0 Å². The quantitative estimate of drug-likeness (QED) is 0.119. The van der Waals surface area contributed by atoms with Crippen molar-refractivity contribution >= 4 is 61.4 Å². The maximum absolute atomic E-state index is 13.0. The summed E-state index contributed by atoms with van der Waals surface area (Å²) in [4.78, 5) is 0. The summed E-state index contributed by atoms with van der Waals surface area (Å²) in [5, 5.41) is 9.61. The summed E-state index contributed by atoms with van der Waals surface area (Å²) >= 11 is 6.76. The molecule has 0 radical (unpaired) electrons. The summed E-state index contributed by atoms with van der Waals surface area (Å²) in [6.07, 6.45) is -3.23. The molecule has 212 valence electrons. The van der Waals surface area contributed by atoms with Gasteiger partial charge in [0, 0.05) is 14.5 Å². The summed E-state index contributed by atoms with van der Waals surface area (Å²) < 4.78 is 58.2. The molecule has 4 rings (SSSR count). The molecule has 4 nitrogen and oxygen atoms in total. The van der Waals surface area contributed by atoms with E-state index in [4.69, 9.17) is 14.2 Å². The Balaban J connectivity index is 0.00000462. The van der Waals surface area contributed by atoms with Gasteiger partial charge in [-0.25, -0.2) is 0 Å². The predicted molar refractivity (Wildman–Crippen MR) is 162 cm³/mol. The molecule has 0 saturated heterocycles. The average molecular weight is 704 g/mol. The summed E-state index contributed by atoms with van der Waals surface area (Å²) in [5.41, 5.74) is 2.98. The molecule has 0 unspecified atom stereocenters. The zero-order valence-corrected chi connectivity index (χ0v) is 24.6. The third kappa shape index (κ3) is 10.1. The van der Waals surface area contributed by atoms with Crippen LogP contribution < -0.4 is 4.74 Å². The first-order valence-corrected chi connectivity index (χ1v) is 14.1. The molecule has 10 heteroatoms. The molecule has 0 bridgehead atoms. The second-order valence-corrected chi connectivity index (χ2v) is 10.7. The van der Waals surface area contributed by atoms with Gasteiger partial charge in [0.05, 0.1) is 32.0 Å². The van der Waals surface area contributed by atoms with Crippen LogP contribution in [0, 0.1) is 0 Å². The van der Waals surface area contributed by atoms with Crippen LogP contribution in [0.5, 0.6) is 17.2 Å². The Kier molecular flexibility index (Phi) is 13.2. The Labute approximate surface area is 276 Å². The molecule has 41 heavy (non-hydrogen) atoms. The van der Waals surface area contributed by atoms with Gasteiger partial charge in [-0.3, -0.25) is 0 Å². The molecule has 0 saturated carbocycles. The third-order valence-electron chi connectivity index (χ3n) is 6.16. The van der Waals surface area contributed by atoms with Crippen LogP contribution in [0.2, 0.25) is 0 Å².